The number of likely N-dealkylation sites (tertiary alicyclic amines) is 1. The molecule has 5 heteroatoms. The van der Waals surface area contributed by atoms with Crippen LogP contribution in [-0.4, -0.2) is 36.1 Å². The molecule has 1 aliphatic rings. The van der Waals surface area contributed by atoms with Gasteiger partial charge in [-0.3, -0.25) is 0 Å². The van der Waals surface area contributed by atoms with Crippen LogP contribution in [0.15, 0.2) is 22.7 Å². The van der Waals surface area contributed by atoms with Crippen molar-refractivity contribution in [2.24, 2.45) is 5.73 Å². The Balaban J connectivity index is 2.12. The minimum absolute atomic E-state index is 0.0170. The van der Waals surface area contributed by atoms with Crippen LogP contribution in [-0.2, 0) is 0 Å². The maximum atomic E-state index is 6.13. The predicted molar refractivity (Wildman–Crippen MR) is 95.1 cm³/mol. The van der Waals surface area contributed by atoms with Gasteiger partial charge in [-0.15, -0.1) is 0 Å². The number of benzene rings is 1. The van der Waals surface area contributed by atoms with Gasteiger partial charge in [-0.1, -0.05) is 11.6 Å². The Kier molecular flexibility index (Phi) is 5.95. The summed E-state index contributed by atoms with van der Waals surface area (Å²) in [7, 11) is 0. The summed E-state index contributed by atoms with van der Waals surface area (Å²) >= 11 is 9.55. The summed E-state index contributed by atoms with van der Waals surface area (Å²) < 4.78 is 0.916. The fraction of sp³-hybridized carbons (Fsp3) is 0.625. The molecule has 21 heavy (non-hydrogen) atoms. The molecule has 1 heterocycles. The molecule has 1 unspecified atom stereocenters. The van der Waals surface area contributed by atoms with Crippen molar-refractivity contribution >= 4 is 33.2 Å². The molecule has 2 rings (SSSR count). The molecular weight excluding hydrogens is 350 g/mol. The molecule has 1 aromatic rings. The smallest absolute Gasteiger partial charge is 0.0549 e. The quantitative estimate of drug-likeness (QED) is 0.833. The van der Waals surface area contributed by atoms with E-state index in [0.717, 1.165) is 41.1 Å². The van der Waals surface area contributed by atoms with Gasteiger partial charge in [0, 0.05) is 29.3 Å². The van der Waals surface area contributed by atoms with Crippen LogP contribution in [0.2, 0.25) is 5.02 Å². The Hall–Kier alpha value is -0.290. The van der Waals surface area contributed by atoms with Crippen molar-refractivity contribution in [3.8, 4) is 0 Å². The van der Waals surface area contributed by atoms with E-state index in [1.165, 1.54) is 6.42 Å². The molecule has 0 saturated carbocycles. The molecule has 1 aliphatic heterocycles. The second kappa shape index (κ2) is 7.32. The normalized spacial score (nSPS) is 24.1. The first kappa shape index (κ1) is 17.1. The molecule has 118 valence electrons. The van der Waals surface area contributed by atoms with Crippen molar-refractivity contribution in [3.63, 3.8) is 0 Å². The highest BCUT2D eigenvalue weighted by Crippen LogP contribution is 2.30. The first-order chi connectivity index (χ1) is 9.96. The molecule has 1 atom stereocenters. The van der Waals surface area contributed by atoms with Crippen molar-refractivity contribution in [1.29, 1.82) is 0 Å². The number of halogens is 2. The molecule has 3 nitrogen and oxygen atoms in total. The van der Waals surface area contributed by atoms with Gasteiger partial charge >= 0.3 is 0 Å². The van der Waals surface area contributed by atoms with Crippen LogP contribution >= 0.6 is 27.5 Å². The lowest BCUT2D eigenvalue weighted by molar-refractivity contribution is 0.227. The van der Waals surface area contributed by atoms with E-state index in [9.17, 15) is 0 Å². The second-order valence-corrected chi connectivity index (χ2v) is 7.48. The maximum Gasteiger partial charge on any atom is 0.0549 e. The fourth-order valence-electron chi connectivity index (χ4n) is 2.99. The number of nitrogens with one attached hydrogen (secondary N) is 1. The van der Waals surface area contributed by atoms with E-state index < -0.39 is 0 Å². The second-order valence-electron chi connectivity index (χ2n) is 6.22. The van der Waals surface area contributed by atoms with Gasteiger partial charge in [-0.25, -0.2) is 0 Å². The molecule has 0 spiro atoms. The molecule has 1 fully saturated rings. The van der Waals surface area contributed by atoms with Gasteiger partial charge in [0.25, 0.3) is 0 Å². The average molecular weight is 375 g/mol. The van der Waals surface area contributed by atoms with E-state index >= 15 is 0 Å². The maximum absolute atomic E-state index is 6.13. The first-order valence-corrected chi connectivity index (χ1v) is 8.80. The lowest BCUT2D eigenvalue weighted by Crippen LogP contribution is -2.46. The van der Waals surface area contributed by atoms with Crippen molar-refractivity contribution < 1.29 is 0 Å². The van der Waals surface area contributed by atoms with Gasteiger partial charge in [0.1, 0.15) is 0 Å². The Bertz CT molecular complexity index is 481. The van der Waals surface area contributed by atoms with Crippen LogP contribution in [0.1, 0.15) is 33.1 Å². The van der Waals surface area contributed by atoms with Gasteiger partial charge < -0.3 is 16.0 Å². The van der Waals surface area contributed by atoms with E-state index in [1.807, 2.05) is 18.2 Å². The largest absolute Gasteiger partial charge is 0.378 e. The fourth-order valence-corrected chi connectivity index (χ4v) is 3.49. The van der Waals surface area contributed by atoms with E-state index in [1.54, 1.807) is 0 Å². The molecule has 1 aromatic carbocycles. The van der Waals surface area contributed by atoms with Crippen molar-refractivity contribution in [2.45, 2.75) is 44.7 Å². The SMILES string of the molecule is CC(C)N1CCCC(CN)(Nc2ccc(Cl)c(Br)c2)CC1. The van der Waals surface area contributed by atoms with Crippen LogP contribution in [0.25, 0.3) is 0 Å². The number of nitrogens with two attached hydrogens (primary N) is 1. The topological polar surface area (TPSA) is 41.3 Å². The lowest BCUT2D eigenvalue weighted by Gasteiger charge is -2.34. The van der Waals surface area contributed by atoms with Crippen LogP contribution in [0.4, 0.5) is 5.69 Å². The summed E-state index contributed by atoms with van der Waals surface area (Å²) in [6.07, 6.45) is 3.35. The van der Waals surface area contributed by atoms with Crippen LogP contribution in [0.3, 0.4) is 0 Å². The highest BCUT2D eigenvalue weighted by Gasteiger charge is 2.31. The predicted octanol–water partition coefficient (Wildman–Crippen LogP) is 4.11. The third-order valence-electron chi connectivity index (χ3n) is 4.43. The molecular formula is C16H25BrClN3. The van der Waals surface area contributed by atoms with E-state index in [0.29, 0.717) is 12.6 Å². The molecule has 0 aromatic heterocycles. The molecule has 3 N–H and O–H groups in total. The van der Waals surface area contributed by atoms with Crippen LogP contribution in [0, 0.1) is 0 Å². The number of hydrogen-bond acceptors (Lipinski definition) is 3. The lowest BCUT2D eigenvalue weighted by atomic mass is 9.90. The summed E-state index contributed by atoms with van der Waals surface area (Å²) in [5.41, 5.74) is 7.19. The minimum atomic E-state index is -0.0170. The van der Waals surface area contributed by atoms with Gasteiger partial charge in [0.15, 0.2) is 0 Å². The zero-order chi connectivity index (χ0) is 15.5. The number of nitrogens with zero attached hydrogens (tertiary/aromatic N) is 1. The van der Waals surface area contributed by atoms with Gasteiger partial charge in [-0.05, 0) is 73.8 Å². The summed E-state index contributed by atoms with van der Waals surface area (Å²) in [4.78, 5) is 2.54. The zero-order valence-corrected chi connectivity index (χ0v) is 15.2. The zero-order valence-electron chi connectivity index (χ0n) is 12.8. The summed E-state index contributed by atoms with van der Waals surface area (Å²) in [5, 5.41) is 4.40. The van der Waals surface area contributed by atoms with Crippen molar-refractivity contribution in [2.75, 3.05) is 25.0 Å². The van der Waals surface area contributed by atoms with E-state index in [2.05, 4.69) is 40.0 Å². The molecule has 1 saturated heterocycles. The summed E-state index contributed by atoms with van der Waals surface area (Å²) in [6.45, 7) is 7.43. The van der Waals surface area contributed by atoms with Gasteiger partial charge in [-0.2, -0.15) is 0 Å². The first-order valence-electron chi connectivity index (χ1n) is 7.63. The van der Waals surface area contributed by atoms with E-state index in [-0.39, 0.29) is 5.54 Å². The van der Waals surface area contributed by atoms with Crippen molar-refractivity contribution in [3.05, 3.63) is 27.7 Å². The highest BCUT2D eigenvalue weighted by atomic mass is 79.9. The Labute approximate surface area is 141 Å². The molecule has 0 radical (unpaired) electrons. The molecule has 0 amide bonds. The van der Waals surface area contributed by atoms with Crippen LogP contribution < -0.4 is 11.1 Å². The Morgan fingerprint density at radius 3 is 2.76 bits per heavy atom. The van der Waals surface area contributed by atoms with Gasteiger partial charge in [0.2, 0.25) is 0 Å². The third kappa shape index (κ3) is 4.35. The highest BCUT2D eigenvalue weighted by molar-refractivity contribution is 9.10. The third-order valence-corrected chi connectivity index (χ3v) is 5.64. The monoisotopic (exact) mass is 373 g/mol. The van der Waals surface area contributed by atoms with Crippen molar-refractivity contribution in [1.82, 2.24) is 4.90 Å². The Morgan fingerprint density at radius 2 is 2.14 bits per heavy atom. The summed E-state index contributed by atoms with van der Waals surface area (Å²) in [5.74, 6) is 0. The standard InChI is InChI=1S/C16H25BrClN3/c1-12(2)21-8-3-6-16(11-19,7-9-21)20-13-4-5-15(18)14(17)10-13/h4-5,10,12,20H,3,6-9,11,19H2,1-2H3. The van der Waals surface area contributed by atoms with Crippen LogP contribution in [0.5, 0.6) is 0 Å². The Morgan fingerprint density at radius 1 is 1.38 bits per heavy atom. The van der Waals surface area contributed by atoms with E-state index in [4.69, 9.17) is 17.3 Å². The minimum Gasteiger partial charge on any atom is -0.378 e. The molecule has 0 aliphatic carbocycles. The van der Waals surface area contributed by atoms with Gasteiger partial charge in [0.05, 0.1) is 10.6 Å². The number of anilines is 1. The number of hydrogen-bond donors (Lipinski definition) is 2. The number of rotatable bonds is 4. The summed E-state index contributed by atoms with van der Waals surface area (Å²) in [6, 6.07) is 6.57. The average Bonchev–Trinajstić information content (AvgIpc) is 2.66. The molecule has 0 bridgehead atoms.